The second-order valence-corrected chi connectivity index (χ2v) is 3.64. The minimum absolute atomic E-state index is 0.276. The van der Waals surface area contributed by atoms with Crippen LogP contribution in [0.2, 0.25) is 0 Å². The molecule has 5 heteroatoms. The number of halogens is 1. The summed E-state index contributed by atoms with van der Waals surface area (Å²) in [4.78, 5) is 7.05. The predicted molar refractivity (Wildman–Crippen MR) is 58.9 cm³/mol. The highest BCUT2D eigenvalue weighted by Crippen LogP contribution is 2.20. The standard InChI is InChI=1S/C11H13FN4/c1-7-4-8(6-9(12)5-7)10(16-13)11-14-2-3-15-11/h2-6,10,16H,13H2,1H3,(H,14,15). The molecule has 2 rings (SSSR count). The topological polar surface area (TPSA) is 66.7 Å². The molecule has 0 aliphatic rings. The Bertz CT molecular complexity index is 447. The van der Waals surface area contributed by atoms with Gasteiger partial charge in [-0.05, 0) is 30.2 Å². The molecule has 0 aliphatic carbocycles. The Kier molecular flexibility index (Phi) is 2.98. The van der Waals surface area contributed by atoms with Gasteiger partial charge in [0.1, 0.15) is 17.7 Å². The Morgan fingerprint density at radius 1 is 1.44 bits per heavy atom. The molecule has 0 spiro atoms. The van der Waals surface area contributed by atoms with E-state index in [0.29, 0.717) is 5.82 Å². The van der Waals surface area contributed by atoms with Gasteiger partial charge in [-0.2, -0.15) is 0 Å². The van der Waals surface area contributed by atoms with Crippen molar-refractivity contribution in [2.45, 2.75) is 13.0 Å². The number of hydrogen-bond donors (Lipinski definition) is 3. The van der Waals surface area contributed by atoms with Crippen LogP contribution < -0.4 is 11.3 Å². The lowest BCUT2D eigenvalue weighted by Gasteiger charge is -2.14. The summed E-state index contributed by atoms with van der Waals surface area (Å²) in [5, 5.41) is 0. The Morgan fingerprint density at radius 3 is 2.81 bits per heavy atom. The summed E-state index contributed by atoms with van der Waals surface area (Å²) in [7, 11) is 0. The van der Waals surface area contributed by atoms with Crippen LogP contribution in [-0.2, 0) is 0 Å². The van der Waals surface area contributed by atoms with Crippen molar-refractivity contribution in [2.75, 3.05) is 0 Å². The maximum atomic E-state index is 13.3. The molecule has 1 unspecified atom stereocenters. The van der Waals surface area contributed by atoms with E-state index in [9.17, 15) is 4.39 Å². The van der Waals surface area contributed by atoms with E-state index < -0.39 is 0 Å². The molecule has 1 heterocycles. The van der Waals surface area contributed by atoms with Crippen molar-refractivity contribution < 1.29 is 4.39 Å². The van der Waals surface area contributed by atoms with Gasteiger partial charge in [-0.3, -0.25) is 5.84 Å². The van der Waals surface area contributed by atoms with E-state index >= 15 is 0 Å². The SMILES string of the molecule is Cc1cc(F)cc(C(NN)c2ncc[nH]2)c1. The Labute approximate surface area is 92.7 Å². The average molecular weight is 220 g/mol. The third-order valence-corrected chi connectivity index (χ3v) is 2.36. The van der Waals surface area contributed by atoms with Crippen molar-refractivity contribution in [1.29, 1.82) is 0 Å². The first-order valence-corrected chi connectivity index (χ1v) is 4.93. The molecule has 84 valence electrons. The number of nitrogens with two attached hydrogens (primary N) is 1. The van der Waals surface area contributed by atoms with Crippen LogP contribution in [0.15, 0.2) is 30.6 Å². The normalized spacial score (nSPS) is 12.7. The highest BCUT2D eigenvalue weighted by Gasteiger charge is 2.15. The van der Waals surface area contributed by atoms with Crippen LogP contribution in [0.5, 0.6) is 0 Å². The number of aromatic amines is 1. The lowest BCUT2D eigenvalue weighted by molar-refractivity contribution is 0.589. The van der Waals surface area contributed by atoms with Gasteiger partial charge in [-0.25, -0.2) is 14.8 Å². The molecule has 0 bridgehead atoms. The van der Waals surface area contributed by atoms with Gasteiger partial charge in [0.05, 0.1) is 0 Å². The number of aryl methyl sites for hydroxylation is 1. The van der Waals surface area contributed by atoms with Crippen molar-refractivity contribution >= 4 is 0 Å². The van der Waals surface area contributed by atoms with E-state index in [1.54, 1.807) is 12.4 Å². The Balaban J connectivity index is 2.41. The number of nitrogens with zero attached hydrogens (tertiary/aromatic N) is 1. The van der Waals surface area contributed by atoms with Crippen LogP contribution in [0.3, 0.4) is 0 Å². The number of aromatic nitrogens is 2. The minimum atomic E-state index is -0.329. The third kappa shape index (κ3) is 2.10. The van der Waals surface area contributed by atoms with Gasteiger partial charge in [-0.15, -0.1) is 0 Å². The second-order valence-electron chi connectivity index (χ2n) is 3.64. The molecule has 2 aromatic rings. The van der Waals surface area contributed by atoms with E-state index in [0.717, 1.165) is 11.1 Å². The number of rotatable bonds is 3. The maximum absolute atomic E-state index is 13.3. The fraction of sp³-hybridized carbons (Fsp3) is 0.182. The zero-order valence-corrected chi connectivity index (χ0v) is 8.87. The molecule has 0 aliphatic heterocycles. The van der Waals surface area contributed by atoms with E-state index in [4.69, 9.17) is 5.84 Å². The highest BCUT2D eigenvalue weighted by molar-refractivity contribution is 5.29. The first-order valence-electron chi connectivity index (χ1n) is 4.93. The van der Waals surface area contributed by atoms with Crippen LogP contribution in [0.1, 0.15) is 23.0 Å². The summed E-state index contributed by atoms with van der Waals surface area (Å²) in [5.74, 6) is 5.85. The van der Waals surface area contributed by atoms with Crippen LogP contribution >= 0.6 is 0 Å². The zero-order valence-electron chi connectivity index (χ0n) is 8.87. The molecule has 16 heavy (non-hydrogen) atoms. The lowest BCUT2D eigenvalue weighted by atomic mass is 10.0. The van der Waals surface area contributed by atoms with Crippen LogP contribution in [0, 0.1) is 12.7 Å². The Morgan fingerprint density at radius 2 is 2.25 bits per heavy atom. The number of hydrogen-bond acceptors (Lipinski definition) is 3. The number of H-pyrrole nitrogens is 1. The quantitative estimate of drug-likeness (QED) is 0.541. The highest BCUT2D eigenvalue weighted by atomic mass is 19.1. The van der Waals surface area contributed by atoms with Gasteiger partial charge in [0.2, 0.25) is 0 Å². The smallest absolute Gasteiger partial charge is 0.129 e. The second kappa shape index (κ2) is 4.42. The molecular weight excluding hydrogens is 207 g/mol. The first-order chi connectivity index (χ1) is 7.70. The van der Waals surface area contributed by atoms with Crippen LogP contribution in [-0.4, -0.2) is 9.97 Å². The summed E-state index contributed by atoms with van der Waals surface area (Å²) in [6, 6.07) is 4.46. The van der Waals surface area contributed by atoms with E-state index in [1.807, 2.05) is 13.0 Å². The minimum Gasteiger partial charge on any atom is -0.347 e. The van der Waals surface area contributed by atoms with Gasteiger partial charge in [0, 0.05) is 12.4 Å². The maximum Gasteiger partial charge on any atom is 0.129 e. The summed E-state index contributed by atoms with van der Waals surface area (Å²) in [6.07, 6.45) is 3.33. The largest absolute Gasteiger partial charge is 0.347 e. The molecule has 0 amide bonds. The van der Waals surface area contributed by atoms with Crippen molar-refractivity contribution in [3.8, 4) is 0 Å². The predicted octanol–water partition coefficient (Wildman–Crippen LogP) is 1.41. The summed E-state index contributed by atoms with van der Waals surface area (Å²) in [6.45, 7) is 1.84. The third-order valence-electron chi connectivity index (χ3n) is 2.36. The van der Waals surface area contributed by atoms with Crippen molar-refractivity contribution in [3.63, 3.8) is 0 Å². The monoisotopic (exact) mass is 220 g/mol. The van der Waals surface area contributed by atoms with E-state index in [-0.39, 0.29) is 11.9 Å². The van der Waals surface area contributed by atoms with Gasteiger partial charge < -0.3 is 4.98 Å². The summed E-state index contributed by atoms with van der Waals surface area (Å²) >= 11 is 0. The van der Waals surface area contributed by atoms with Crippen LogP contribution in [0.25, 0.3) is 0 Å². The van der Waals surface area contributed by atoms with E-state index in [1.165, 1.54) is 12.1 Å². The first kappa shape index (κ1) is 10.8. The van der Waals surface area contributed by atoms with Crippen molar-refractivity contribution in [2.24, 2.45) is 5.84 Å². The van der Waals surface area contributed by atoms with E-state index in [2.05, 4.69) is 15.4 Å². The molecular formula is C11H13FN4. The van der Waals surface area contributed by atoms with Gasteiger partial charge >= 0.3 is 0 Å². The van der Waals surface area contributed by atoms with Crippen molar-refractivity contribution in [3.05, 3.63) is 53.4 Å². The molecule has 0 fully saturated rings. The molecule has 1 atom stereocenters. The zero-order chi connectivity index (χ0) is 11.5. The summed E-state index contributed by atoms with van der Waals surface area (Å²) in [5.41, 5.74) is 4.21. The number of imidazole rings is 1. The molecule has 4 nitrogen and oxygen atoms in total. The van der Waals surface area contributed by atoms with Gasteiger partial charge in [0.25, 0.3) is 0 Å². The lowest BCUT2D eigenvalue weighted by Crippen LogP contribution is -2.29. The fourth-order valence-electron chi connectivity index (χ4n) is 1.70. The molecule has 0 saturated carbocycles. The number of nitrogens with one attached hydrogen (secondary N) is 2. The molecule has 0 saturated heterocycles. The van der Waals surface area contributed by atoms with Gasteiger partial charge in [-0.1, -0.05) is 6.07 Å². The Hall–Kier alpha value is -1.72. The number of benzene rings is 1. The fourth-order valence-corrected chi connectivity index (χ4v) is 1.70. The molecule has 0 radical (unpaired) electrons. The summed E-state index contributed by atoms with van der Waals surface area (Å²) < 4.78 is 13.3. The van der Waals surface area contributed by atoms with Crippen molar-refractivity contribution in [1.82, 2.24) is 15.4 Å². The molecule has 4 N–H and O–H groups in total. The average Bonchev–Trinajstić information content (AvgIpc) is 2.70. The van der Waals surface area contributed by atoms with Crippen LogP contribution in [0.4, 0.5) is 4.39 Å². The van der Waals surface area contributed by atoms with Gasteiger partial charge in [0.15, 0.2) is 0 Å². The number of hydrazine groups is 1. The molecule has 1 aromatic carbocycles. The molecule has 1 aromatic heterocycles.